The lowest BCUT2D eigenvalue weighted by atomic mass is 10.1. The van der Waals surface area contributed by atoms with Crippen LogP contribution in [0.3, 0.4) is 0 Å². The van der Waals surface area contributed by atoms with E-state index in [-0.39, 0.29) is 0 Å². The van der Waals surface area contributed by atoms with E-state index in [1.54, 1.807) is 0 Å². The summed E-state index contributed by atoms with van der Waals surface area (Å²) in [4.78, 5) is 2.27. The van der Waals surface area contributed by atoms with Crippen LogP contribution in [0.4, 0.5) is 0 Å². The first-order chi connectivity index (χ1) is 14.5. The van der Waals surface area contributed by atoms with Gasteiger partial charge < -0.3 is 4.90 Å². The van der Waals surface area contributed by atoms with E-state index in [0.717, 1.165) is 53.1 Å². The summed E-state index contributed by atoms with van der Waals surface area (Å²) in [7, 11) is 0. The number of hydrogen-bond acceptors (Lipinski definition) is 3. The topological polar surface area (TPSA) is 28.0 Å². The Bertz CT molecular complexity index is 820. The molecule has 3 nitrogen and oxygen atoms in total. The number of hydrogen-bond donors (Lipinski definition) is 0. The van der Waals surface area contributed by atoms with Crippen LogP contribution in [-0.4, -0.2) is 29.5 Å². The molecule has 1 aromatic carbocycles. The molecule has 1 aliphatic heterocycles. The minimum atomic E-state index is 0.745. The van der Waals surface area contributed by atoms with E-state index in [0.29, 0.717) is 0 Å². The average Bonchev–Trinajstić information content (AvgIpc) is 2.77. The first-order valence-corrected chi connectivity index (χ1v) is 11.1. The lowest BCUT2D eigenvalue weighted by Gasteiger charge is -2.28. The Hall–Kier alpha value is -2.46. The van der Waals surface area contributed by atoms with Gasteiger partial charge >= 0.3 is 0 Å². The summed E-state index contributed by atoms with van der Waals surface area (Å²) in [6.07, 6.45) is 18.0. The molecule has 0 aliphatic carbocycles. The second kappa shape index (κ2) is 15.4. The Kier molecular flexibility index (Phi) is 13.1. The van der Waals surface area contributed by atoms with E-state index in [4.69, 9.17) is 0 Å². The van der Waals surface area contributed by atoms with E-state index in [9.17, 15) is 0 Å². The first kappa shape index (κ1) is 25.6. The van der Waals surface area contributed by atoms with Gasteiger partial charge in [-0.3, -0.25) is 0 Å². The highest BCUT2D eigenvalue weighted by molar-refractivity contribution is 9.10. The van der Waals surface area contributed by atoms with E-state index in [1.807, 2.05) is 64.1 Å². The van der Waals surface area contributed by atoms with Crippen molar-refractivity contribution in [2.24, 2.45) is 10.2 Å². The Morgan fingerprint density at radius 1 is 0.967 bits per heavy atom. The van der Waals surface area contributed by atoms with Crippen LogP contribution in [0.1, 0.15) is 46.1 Å². The fraction of sp³-hybridized carbons (Fsp3) is 0.308. The highest BCUT2D eigenvalue weighted by atomic mass is 79.9. The maximum Gasteiger partial charge on any atom is 0.132 e. The molecule has 1 aliphatic rings. The Balaban J connectivity index is 0.00000103. The minimum Gasteiger partial charge on any atom is -0.349 e. The van der Waals surface area contributed by atoms with Crippen molar-refractivity contribution in [2.45, 2.75) is 40.5 Å². The molecule has 0 fully saturated rings. The van der Waals surface area contributed by atoms with Crippen LogP contribution in [0, 0.1) is 0 Å². The van der Waals surface area contributed by atoms with Gasteiger partial charge in [0.05, 0.1) is 12.3 Å². The molecule has 30 heavy (non-hydrogen) atoms. The largest absolute Gasteiger partial charge is 0.349 e. The number of amidine groups is 1. The van der Waals surface area contributed by atoms with Gasteiger partial charge in [0.25, 0.3) is 0 Å². The highest BCUT2D eigenvalue weighted by Crippen LogP contribution is 2.17. The fourth-order valence-corrected chi connectivity index (χ4v) is 2.81. The van der Waals surface area contributed by atoms with E-state index in [2.05, 4.69) is 74.0 Å². The molecule has 2 rings (SSSR count). The molecule has 0 aromatic heterocycles. The molecule has 4 heteroatoms. The van der Waals surface area contributed by atoms with Crippen molar-refractivity contribution in [3.63, 3.8) is 0 Å². The third kappa shape index (κ3) is 9.84. The molecular formula is C26H34BrN3. The zero-order valence-corrected chi connectivity index (χ0v) is 20.3. The third-order valence-electron chi connectivity index (χ3n) is 4.32. The van der Waals surface area contributed by atoms with E-state index >= 15 is 0 Å². The zero-order chi connectivity index (χ0) is 22.2. The summed E-state index contributed by atoms with van der Waals surface area (Å²) < 4.78 is 1.06. The molecule has 1 heterocycles. The number of rotatable bonds is 8. The van der Waals surface area contributed by atoms with Crippen LogP contribution in [0.15, 0.2) is 99.7 Å². The van der Waals surface area contributed by atoms with Crippen molar-refractivity contribution < 1.29 is 0 Å². The molecule has 1 aromatic rings. The summed E-state index contributed by atoms with van der Waals surface area (Å²) >= 11 is 3.48. The van der Waals surface area contributed by atoms with Gasteiger partial charge in [-0.05, 0) is 51.8 Å². The monoisotopic (exact) mass is 467 g/mol. The number of allylic oxidation sites excluding steroid dienone is 7. The lowest BCUT2D eigenvalue weighted by molar-refractivity contribution is 0.506. The molecule has 0 saturated heterocycles. The van der Waals surface area contributed by atoms with Crippen LogP contribution in [-0.2, 0) is 0 Å². The van der Waals surface area contributed by atoms with Crippen LogP contribution >= 0.6 is 15.9 Å². The molecule has 0 spiro atoms. The standard InChI is InChI=1S/C22H26BrN3.C4H8/c1-4-6-8-9-10-18(3)16-22-25-24-21(17-26(22)15-7-5-2)19-11-13-20(23)14-12-19;1-3-4-2/h4-9,11-14H,3,10,15-17H2,1-2H3;3-4H,1-2H3/b6-4-,7-5-,9-8?;4-3-. The van der Waals surface area contributed by atoms with E-state index < -0.39 is 0 Å². The van der Waals surface area contributed by atoms with Crippen molar-refractivity contribution >= 4 is 27.5 Å². The van der Waals surface area contributed by atoms with Crippen molar-refractivity contribution in [3.8, 4) is 0 Å². The SMILES string of the molecule is C/C=C\C.C=C(CC=C/C=C\C)CC1=NN=C(c2ccc(Br)cc2)CN1C/C=C\C. The summed E-state index contributed by atoms with van der Waals surface area (Å²) in [6, 6.07) is 8.21. The van der Waals surface area contributed by atoms with Crippen molar-refractivity contribution in [3.05, 3.63) is 95.1 Å². The van der Waals surface area contributed by atoms with Gasteiger partial charge in [-0.25, -0.2) is 0 Å². The van der Waals surface area contributed by atoms with Gasteiger partial charge in [-0.1, -0.05) is 88.8 Å². The van der Waals surface area contributed by atoms with Crippen LogP contribution in [0.5, 0.6) is 0 Å². The minimum absolute atomic E-state index is 0.745. The second-order valence-electron chi connectivity index (χ2n) is 6.77. The van der Waals surface area contributed by atoms with Crippen LogP contribution in [0.2, 0.25) is 0 Å². The van der Waals surface area contributed by atoms with Gasteiger partial charge in [-0.2, -0.15) is 5.10 Å². The maximum absolute atomic E-state index is 4.51. The van der Waals surface area contributed by atoms with Gasteiger partial charge in [0, 0.05) is 17.4 Å². The number of benzene rings is 1. The Morgan fingerprint density at radius 2 is 1.67 bits per heavy atom. The highest BCUT2D eigenvalue weighted by Gasteiger charge is 2.19. The van der Waals surface area contributed by atoms with Crippen molar-refractivity contribution in [1.82, 2.24) is 4.90 Å². The maximum atomic E-state index is 4.51. The smallest absolute Gasteiger partial charge is 0.132 e. The van der Waals surface area contributed by atoms with Gasteiger partial charge in [-0.15, -0.1) is 5.10 Å². The number of nitrogens with zero attached hydrogens (tertiary/aromatic N) is 3. The summed E-state index contributed by atoms with van der Waals surface area (Å²) in [5, 5.41) is 9.00. The quantitative estimate of drug-likeness (QED) is 0.287. The predicted octanol–water partition coefficient (Wildman–Crippen LogP) is 7.49. The average molecular weight is 468 g/mol. The fourth-order valence-electron chi connectivity index (χ4n) is 2.55. The number of halogens is 1. The second-order valence-corrected chi connectivity index (χ2v) is 7.69. The molecule has 0 amide bonds. The predicted molar refractivity (Wildman–Crippen MR) is 137 cm³/mol. The molecule has 0 N–H and O–H groups in total. The van der Waals surface area contributed by atoms with Gasteiger partial charge in [0.1, 0.15) is 5.84 Å². The lowest BCUT2D eigenvalue weighted by Crippen LogP contribution is -2.38. The summed E-state index contributed by atoms with van der Waals surface area (Å²) in [5.41, 5.74) is 3.23. The first-order valence-electron chi connectivity index (χ1n) is 10.3. The van der Waals surface area contributed by atoms with Crippen molar-refractivity contribution in [2.75, 3.05) is 13.1 Å². The summed E-state index contributed by atoms with van der Waals surface area (Å²) in [6.45, 7) is 13.8. The van der Waals surface area contributed by atoms with Crippen molar-refractivity contribution in [1.29, 1.82) is 0 Å². The zero-order valence-electron chi connectivity index (χ0n) is 18.7. The van der Waals surface area contributed by atoms with Crippen LogP contribution < -0.4 is 0 Å². The molecule has 0 atom stereocenters. The van der Waals surface area contributed by atoms with Gasteiger partial charge in [0.15, 0.2) is 0 Å². The third-order valence-corrected chi connectivity index (χ3v) is 4.85. The molecule has 160 valence electrons. The summed E-state index contributed by atoms with van der Waals surface area (Å²) in [5.74, 6) is 0.980. The Morgan fingerprint density at radius 3 is 2.27 bits per heavy atom. The van der Waals surface area contributed by atoms with Gasteiger partial charge in [0.2, 0.25) is 0 Å². The Labute approximate surface area is 191 Å². The molecular weight excluding hydrogens is 434 g/mol. The molecule has 0 bridgehead atoms. The van der Waals surface area contributed by atoms with E-state index in [1.165, 1.54) is 0 Å². The van der Waals surface area contributed by atoms with Crippen LogP contribution in [0.25, 0.3) is 0 Å². The molecule has 0 radical (unpaired) electrons. The molecule has 0 saturated carbocycles. The normalized spacial score (nSPS) is 14.4. The molecule has 0 unspecified atom stereocenters.